The van der Waals surface area contributed by atoms with Crippen molar-refractivity contribution in [2.45, 2.75) is 117 Å². The van der Waals surface area contributed by atoms with E-state index in [4.69, 9.17) is 0 Å². The van der Waals surface area contributed by atoms with Crippen LogP contribution < -0.4 is 0 Å². The number of likely N-dealkylation sites (tertiary alicyclic amines) is 1. The third-order valence-electron chi connectivity index (χ3n) is 4.70. The SMILES string of the molecule is CC1CCN(C(C)CC(F)(F)F)CC1.CCCC.CCCC(F)(F)CCC. The van der Waals surface area contributed by atoms with E-state index < -0.39 is 18.5 Å². The summed E-state index contributed by atoms with van der Waals surface area (Å²) in [7, 11) is 0. The first-order chi connectivity index (χ1) is 12.4. The minimum atomic E-state index is -4.03. The molecule has 1 nitrogen and oxygen atoms in total. The summed E-state index contributed by atoms with van der Waals surface area (Å²) in [4.78, 5) is 1.95. The molecule has 0 N–H and O–H groups in total. The van der Waals surface area contributed by atoms with E-state index in [-0.39, 0.29) is 18.9 Å². The maximum absolute atomic E-state index is 12.4. The maximum atomic E-state index is 12.4. The average Bonchev–Trinajstić information content (AvgIpc) is 2.54. The van der Waals surface area contributed by atoms with Crippen LogP contribution in [0.15, 0.2) is 0 Å². The van der Waals surface area contributed by atoms with Crippen molar-refractivity contribution in [2.75, 3.05) is 13.1 Å². The fourth-order valence-electron chi connectivity index (χ4n) is 2.79. The van der Waals surface area contributed by atoms with Gasteiger partial charge in [0.05, 0.1) is 6.42 Å². The van der Waals surface area contributed by atoms with Crippen LogP contribution in [0.2, 0.25) is 0 Å². The van der Waals surface area contributed by atoms with Crippen molar-refractivity contribution in [1.29, 1.82) is 0 Å². The van der Waals surface area contributed by atoms with Gasteiger partial charge in [0.25, 0.3) is 0 Å². The molecule has 1 heterocycles. The minimum Gasteiger partial charge on any atom is -0.300 e. The molecule has 0 amide bonds. The van der Waals surface area contributed by atoms with Crippen LogP contribution in [0.25, 0.3) is 0 Å². The second-order valence-corrected chi connectivity index (χ2v) is 7.74. The molecule has 1 unspecified atom stereocenters. The Morgan fingerprint density at radius 1 is 0.815 bits per heavy atom. The molecule has 0 aromatic heterocycles. The topological polar surface area (TPSA) is 3.24 Å². The Morgan fingerprint density at radius 3 is 1.52 bits per heavy atom. The van der Waals surface area contributed by atoms with Gasteiger partial charge in [0.15, 0.2) is 0 Å². The van der Waals surface area contributed by atoms with Crippen molar-refractivity contribution in [3.05, 3.63) is 0 Å². The largest absolute Gasteiger partial charge is 0.390 e. The Kier molecular flexibility index (Phi) is 16.6. The number of halogens is 5. The van der Waals surface area contributed by atoms with Crippen LogP contribution in [0.4, 0.5) is 22.0 Å². The molecule has 0 radical (unpaired) electrons. The molecule has 0 aromatic rings. The summed E-state index contributed by atoms with van der Waals surface area (Å²) in [6, 6.07) is -0.359. The standard InChI is InChI=1S/C10H18F3N.C7H14F2.C4H10/c1-8-3-5-14(6-4-8)9(2)7-10(11,12)13;1-3-5-7(8,9)6-4-2;1-3-4-2/h8-9H,3-7H2,1-2H3;3-6H2,1-2H3;3-4H2,1-2H3. The van der Waals surface area contributed by atoms with E-state index in [2.05, 4.69) is 20.8 Å². The zero-order chi connectivity index (χ0) is 21.5. The van der Waals surface area contributed by atoms with Crippen LogP contribution in [0.5, 0.6) is 0 Å². The first-order valence-corrected chi connectivity index (χ1v) is 10.6. The summed E-state index contributed by atoms with van der Waals surface area (Å²) in [5, 5.41) is 0. The van der Waals surface area contributed by atoms with Crippen molar-refractivity contribution in [3.63, 3.8) is 0 Å². The fraction of sp³-hybridized carbons (Fsp3) is 1.00. The Bertz CT molecular complexity index is 313. The zero-order valence-corrected chi connectivity index (χ0v) is 18.3. The first-order valence-electron chi connectivity index (χ1n) is 10.6. The summed E-state index contributed by atoms with van der Waals surface area (Å²) in [5.74, 6) is -1.73. The van der Waals surface area contributed by atoms with E-state index in [0.717, 1.165) is 25.9 Å². The first kappa shape index (κ1) is 28.8. The van der Waals surface area contributed by atoms with Gasteiger partial charge in [-0.15, -0.1) is 0 Å². The summed E-state index contributed by atoms with van der Waals surface area (Å²) < 4.78 is 61.2. The Labute approximate surface area is 164 Å². The number of hydrogen-bond acceptors (Lipinski definition) is 1. The van der Waals surface area contributed by atoms with Crippen LogP contribution in [-0.4, -0.2) is 36.1 Å². The van der Waals surface area contributed by atoms with Gasteiger partial charge in [-0.1, -0.05) is 60.3 Å². The Hall–Kier alpha value is -0.390. The van der Waals surface area contributed by atoms with Gasteiger partial charge in [0.2, 0.25) is 5.92 Å². The highest BCUT2D eigenvalue weighted by molar-refractivity contribution is 4.76. The molecule has 1 saturated heterocycles. The number of piperidine rings is 1. The van der Waals surface area contributed by atoms with Crippen LogP contribution in [-0.2, 0) is 0 Å². The van der Waals surface area contributed by atoms with E-state index in [0.29, 0.717) is 18.8 Å². The molecule has 6 heteroatoms. The van der Waals surface area contributed by atoms with Gasteiger partial charge in [-0.05, 0) is 38.8 Å². The summed E-state index contributed by atoms with van der Waals surface area (Å²) >= 11 is 0. The molecule has 166 valence electrons. The van der Waals surface area contributed by atoms with Gasteiger partial charge in [0, 0.05) is 18.9 Å². The molecule has 0 saturated carbocycles. The third-order valence-corrected chi connectivity index (χ3v) is 4.70. The van der Waals surface area contributed by atoms with Crippen molar-refractivity contribution in [1.82, 2.24) is 4.90 Å². The van der Waals surface area contributed by atoms with Crippen LogP contribution in [0.1, 0.15) is 99.3 Å². The predicted molar refractivity (Wildman–Crippen MR) is 105 cm³/mol. The fourth-order valence-corrected chi connectivity index (χ4v) is 2.79. The average molecular weight is 404 g/mol. The van der Waals surface area contributed by atoms with Crippen LogP contribution in [0, 0.1) is 5.92 Å². The highest BCUT2D eigenvalue weighted by atomic mass is 19.4. The molecule has 1 atom stereocenters. The summed E-state index contributed by atoms with van der Waals surface area (Å²) in [5.41, 5.74) is 0. The lowest BCUT2D eigenvalue weighted by Crippen LogP contribution is -2.41. The van der Waals surface area contributed by atoms with E-state index in [1.165, 1.54) is 12.8 Å². The third kappa shape index (κ3) is 18.7. The van der Waals surface area contributed by atoms with Gasteiger partial charge in [-0.2, -0.15) is 13.2 Å². The van der Waals surface area contributed by atoms with Gasteiger partial charge in [-0.25, -0.2) is 8.78 Å². The molecule has 1 rings (SSSR count). The van der Waals surface area contributed by atoms with E-state index in [1.54, 1.807) is 20.8 Å². The number of alkyl halides is 5. The number of hydrogen-bond donors (Lipinski definition) is 0. The highest BCUT2D eigenvalue weighted by Crippen LogP contribution is 2.27. The van der Waals surface area contributed by atoms with Crippen LogP contribution in [0.3, 0.4) is 0 Å². The molecular weight excluding hydrogens is 361 g/mol. The van der Waals surface area contributed by atoms with Crippen molar-refractivity contribution in [3.8, 4) is 0 Å². The maximum Gasteiger partial charge on any atom is 0.390 e. The van der Waals surface area contributed by atoms with E-state index in [1.807, 2.05) is 4.90 Å². The Balaban J connectivity index is 0. The summed E-state index contributed by atoms with van der Waals surface area (Å²) in [6.45, 7) is 13.4. The lowest BCUT2D eigenvalue weighted by molar-refractivity contribution is -0.147. The number of rotatable bonds is 7. The summed E-state index contributed by atoms with van der Waals surface area (Å²) in [6.07, 6.45) is 1.23. The van der Waals surface area contributed by atoms with Gasteiger partial charge >= 0.3 is 6.18 Å². The van der Waals surface area contributed by atoms with Crippen molar-refractivity contribution >= 4 is 0 Å². The predicted octanol–water partition coefficient (Wildman–Crippen LogP) is 8.09. The molecular formula is C21H42F5N. The molecule has 27 heavy (non-hydrogen) atoms. The van der Waals surface area contributed by atoms with Crippen molar-refractivity contribution in [2.24, 2.45) is 5.92 Å². The Morgan fingerprint density at radius 2 is 1.22 bits per heavy atom. The zero-order valence-electron chi connectivity index (χ0n) is 18.3. The number of unbranched alkanes of at least 4 members (excludes halogenated alkanes) is 1. The van der Waals surface area contributed by atoms with E-state index >= 15 is 0 Å². The molecule has 0 spiro atoms. The van der Waals surface area contributed by atoms with Gasteiger partial charge < -0.3 is 4.90 Å². The minimum absolute atomic E-state index is 0.0425. The van der Waals surface area contributed by atoms with E-state index in [9.17, 15) is 22.0 Å². The second-order valence-electron chi connectivity index (χ2n) is 7.74. The molecule has 1 fully saturated rings. The van der Waals surface area contributed by atoms with Crippen molar-refractivity contribution < 1.29 is 22.0 Å². The highest BCUT2D eigenvalue weighted by Gasteiger charge is 2.33. The second kappa shape index (κ2) is 15.5. The molecule has 1 aliphatic rings. The molecule has 1 aliphatic heterocycles. The molecule has 0 aliphatic carbocycles. The van der Waals surface area contributed by atoms with Gasteiger partial charge in [-0.3, -0.25) is 0 Å². The monoisotopic (exact) mass is 403 g/mol. The smallest absolute Gasteiger partial charge is 0.300 e. The number of nitrogens with zero attached hydrogens (tertiary/aromatic N) is 1. The quantitative estimate of drug-likeness (QED) is 0.388. The lowest BCUT2D eigenvalue weighted by Gasteiger charge is -2.35. The lowest BCUT2D eigenvalue weighted by atomic mass is 9.97. The normalized spacial score (nSPS) is 17.4. The van der Waals surface area contributed by atoms with Crippen LogP contribution >= 0.6 is 0 Å². The van der Waals surface area contributed by atoms with Gasteiger partial charge in [0.1, 0.15) is 0 Å². The molecule has 0 bridgehead atoms. The molecule has 0 aromatic carbocycles.